The molecule has 0 aliphatic carbocycles. The zero-order chi connectivity index (χ0) is 9.80. The molecule has 0 aromatic carbocycles. The highest BCUT2D eigenvalue weighted by Gasteiger charge is 2.13. The number of hydrogen-bond donors (Lipinski definition) is 2. The molecule has 0 atom stereocenters. The summed E-state index contributed by atoms with van der Waals surface area (Å²) in [6, 6.07) is 4.66. The van der Waals surface area contributed by atoms with Gasteiger partial charge in [0.2, 0.25) is 0 Å². The number of piperidine rings is 1. The van der Waals surface area contributed by atoms with E-state index in [9.17, 15) is 0 Å². The highest BCUT2D eigenvalue weighted by Crippen LogP contribution is 2.14. The molecule has 0 unspecified atom stereocenters. The zero-order valence-corrected chi connectivity index (χ0v) is 12.3. The molecular formula is C11H20Cl3N3. The Hall–Kier alpha value is -0.220. The van der Waals surface area contributed by atoms with E-state index in [0.29, 0.717) is 6.04 Å². The molecule has 0 amide bonds. The largest absolute Gasteiger partial charge is 0.367 e. The summed E-state index contributed by atoms with van der Waals surface area (Å²) in [4.78, 5) is 4.34. The summed E-state index contributed by atoms with van der Waals surface area (Å²) in [5.41, 5.74) is 1.23. The first-order valence-electron chi connectivity index (χ1n) is 5.25. The molecule has 0 radical (unpaired) electrons. The van der Waals surface area contributed by atoms with Crippen molar-refractivity contribution in [1.82, 2.24) is 10.3 Å². The summed E-state index contributed by atoms with van der Waals surface area (Å²) in [6.45, 7) is 4.32. The highest BCUT2D eigenvalue weighted by molar-refractivity contribution is 5.86. The average molecular weight is 301 g/mol. The van der Waals surface area contributed by atoms with E-state index < -0.39 is 0 Å². The number of pyridine rings is 1. The minimum absolute atomic E-state index is 0. The van der Waals surface area contributed by atoms with Gasteiger partial charge in [0.15, 0.2) is 0 Å². The van der Waals surface area contributed by atoms with Gasteiger partial charge in [-0.3, -0.25) is 0 Å². The van der Waals surface area contributed by atoms with Gasteiger partial charge in [-0.25, -0.2) is 4.98 Å². The average Bonchev–Trinajstić information content (AvgIpc) is 2.23. The molecule has 0 bridgehead atoms. The van der Waals surface area contributed by atoms with E-state index in [4.69, 9.17) is 0 Å². The van der Waals surface area contributed by atoms with Crippen LogP contribution in [0.1, 0.15) is 18.4 Å². The van der Waals surface area contributed by atoms with E-state index in [-0.39, 0.29) is 37.2 Å². The standard InChI is InChI=1S/C11H17N3.3ClH/c1-9-3-2-6-13-11(9)14-10-4-7-12-8-5-10;;;/h2-3,6,10,12H,4-5,7-8H2,1H3,(H,13,14);3*1H. The quantitative estimate of drug-likeness (QED) is 0.882. The molecule has 0 spiro atoms. The van der Waals surface area contributed by atoms with Crippen LogP contribution in [0.25, 0.3) is 0 Å². The van der Waals surface area contributed by atoms with Crippen LogP contribution in [-0.4, -0.2) is 24.1 Å². The van der Waals surface area contributed by atoms with Gasteiger partial charge in [0.25, 0.3) is 0 Å². The number of halogens is 3. The molecule has 0 saturated carbocycles. The van der Waals surface area contributed by atoms with Crippen LogP contribution >= 0.6 is 37.2 Å². The third-order valence-electron chi connectivity index (χ3n) is 2.69. The van der Waals surface area contributed by atoms with Crippen LogP contribution in [0, 0.1) is 6.92 Å². The molecule has 17 heavy (non-hydrogen) atoms. The summed E-state index contributed by atoms with van der Waals surface area (Å²) in [5, 5.41) is 6.85. The Morgan fingerprint density at radius 3 is 2.47 bits per heavy atom. The van der Waals surface area contributed by atoms with Crippen molar-refractivity contribution in [3.63, 3.8) is 0 Å². The maximum Gasteiger partial charge on any atom is 0.129 e. The van der Waals surface area contributed by atoms with Gasteiger partial charge in [-0.1, -0.05) is 6.07 Å². The number of nitrogens with one attached hydrogen (secondary N) is 2. The number of aryl methyl sites for hydroxylation is 1. The van der Waals surface area contributed by atoms with Crippen molar-refractivity contribution in [3.8, 4) is 0 Å². The fraction of sp³-hybridized carbons (Fsp3) is 0.545. The topological polar surface area (TPSA) is 37.0 Å². The number of nitrogens with zero attached hydrogens (tertiary/aromatic N) is 1. The Bertz CT molecular complexity index is 304. The summed E-state index contributed by atoms with van der Waals surface area (Å²) in [5.74, 6) is 1.04. The van der Waals surface area contributed by atoms with Gasteiger partial charge in [-0.2, -0.15) is 0 Å². The smallest absolute Gasteiger partial charge is 0.129 e. The van der Waals surface area contributed by atoms with Crippen molar-refractivity contribution in [2.75, 3.05) is 18.4 Å². The summed E-state index contributed by atoms with van der Waals surface area (Å²) >= 11 is 0. The Labute approximate surface area is 121 Å². The molecule has 2 heterocycles. The molecule has 1 aliphatic heterocycles. The summed E-state index contributed by atoms with van der Waals surface area (Å²) in [7, 11) is 0. The first kappa shape index (κ1) is 19.1. The lowest BCUT2D eigenvalue weighted by atomic mass is 10.1. The zero-order valence-electron chi connectivity index (χ0n) is 9.81. The van der Waals surface area contributed by atoms with E-state index in [2.05, 4.69) is 28.6 Å². The van der Waals surface area contributed by atoms with Gasteiger partial charge >= 0.3 is 0 Å². The molecule has 1 aromatic rings. The Morgan fingerprint density at radius 2 is 1.88 bits per heavy atom. The Kier molecular flexibility index (Phi) is 11.0. The van der Waals surface area contributed by atoms with Crippen LogP contribution < -0.4 is 10.6 Å². The van der Waals surface area contributed by atoms with E-state index in [0.717, 1.165) is 18.9 Å². The molecular weight excluding hydrogens is 281 g/mol. The second kappa shape index (κ2) is 9.77. The van der Waals surface area contributed by atoms with Crippen LogP contribution in [0.2, 0.25) is 0 Å². The number of aromatic nitrogens is 1. The van der Waals surface area contributed by atoms with Gasteiger partial charge in [-0.05, 0) is 44.5 Å². The first-order chi connectivity index (χ1) is 6.86. The minimum atomic E-state index is 0. The monoisotopic (exact) mass is 299 g/mol. The first-order valence-corrected chi connectivity index (χ1v) is 5.25. The van der Waals surface area contributed by atoms with Crippen LogP contribution in [-0.2, 0) is 0 Å². The third-order valence-corrected chi connectivity index (χ3v) is 2.69. The second-order valence-electron chi connectivity index (χ2n) is 3.84. The van der Waals surface area contributed by atoms with E-state index in [1.807, 2.05) is 12.3 Å². The Morgan fingerprint density at radius 1 is 1.24 bits per heavy atom. The minimum Gasteiger partial charge on any atom is -0.367 e. The SMILES string of the molecule is Cc1cccnc1NC1CCNCC1.Cl.Cl.Cl. The fourth-order valence-electron chi connectivity index (χ4n) is 1.80. The predicted molar refractivity (Wildman–Crippen MR) is 80.2 cm³/mol. The highest BCUT2D eigenvalue weighted by atomic mass is 35.5. The van der Waals surface area contributed by atoms with Gasteiger partial charge in [0, 0.05) is 12.2 Å². The number of rotatable bonds is 2. The van der Waals surface area contributed by atoms with Crippen molar-refractivity contribution in [1.29, 1.82) is 0 Å². The lowest BCUT2D eigenvalue weighted by Crippen LogP contribution is -2.35. The van der Waals surface area contributed by atoms with Crippen LogP contribution in [0.3, 0.4) is 0 Å². The fourth-order valence-corrected chi connectivity index (χ4v) is 1.80. The van der Waals surface area contributed by atoms with Gasteiger partial charge in [0.1, 0.15) is 5.82 Å². The molecule has 100 valence electrons. The van der Waals surface area contributed by atoms with Crippen molar-refractivity contribution in [2.24, 2.45) is 0 Å². The molecule has 1 aromatic heterocycles. The molecule has 1 saturated heterocycles. The number of anilines is 1. The molecule has 2 N–H and O–H groups in total. The molecule has 6 heteroatoms. The van der Waals surface area contributed by atoms with Crippen molar-refractivity contribution in [3.05, 3.63) is 23.9 Å². The molecule has 3 nitrogen and oxygen atoms in total. The molecule has 1 fully saturated rings. The lowest BCUT2D eigenvalue weighted by Gasteiger charge is -2.24. The van der Waals surface area contributed by atoms with Crippen molar-refractivity contribution < 1.29 is 0 Å². The molecule has 1 aliphatic rings. The predicted octanol–water partition coefficient (Wildman–Crippen LogP) is 2.82. The van der Waals surface area contributed by atoms with Crippen LogP contribution in [0.15, 0.2) is 18.3 Å². The van der Waals surface area contributed by atoms with Crippen LogP contribution in [0.4, 0.5) is 5.82 Å². The van der Waals surface area contributed by atoms with E-state index in [1.165, 1.54) is 18.4 Å². The third kappa shape index (κ3) is 5.77. The van der Waals surface area contributed by atoms with Crippen LogP contribution in [0.5, 0.6) is 0 Å². The second-order valence-corrected chi connectivity index (χ2v) is 3.84. The van der Waals surface area contributed by atoms with Crippen molar-refractivity contribution in [2.45, 2.75) is 25.8 Å². The normalized spacial score (nSPS) is 14.9. The van der Waals surface area contributed by atoms with E-state index in [1.54, 1.807) is 0 Å². The van der Waals surface area contributed by atoms with Gasteiger partial charge in [0.05, 0.1) is 0 Å². The summed E-state index contributed by atoms with van der Waals surface area (Å²) in [6.07, 6.45) is 4.22. The van der Waals surface area contributed by atoms with Crippen molar-refractivity contribution >= 4 is 43.0 Å². The maximum atomic E-state index is 4.34. The maximum absolute atomic E-state index is 4.34. The van der Waals surface area contributed by atoms with E-state index >= 15 is 0 Å². The summed E-state index contributed by atoms with van der Waals surface area (Å²) < 4.78 is 0. The number of hydrogen-bond acceptors (Lipinski definition) is 3. The van der Waals surface area contributed by atoms with Gasteiger partial charge in [-0.15, -0.1) is 37.2 Å². The van der Waals surface area contributed by atoms with Gasteiger partial charge < -0.3 is 10.6 Å². The molecule has 2 rings (SSSR count). The Balaban J connectivity index is 0. The lowest BCUT2D eigenvalue weighted by molar-refractivity contribution is 0.478.